The van der Waals surface area contributed by atoms with E-state index in [1.165, 1.54) is 5.56 Å². The van der Waals surface area contributed by atoms with E-state index in [4.69, 9.17) is 14.2 Å². The number of aromatic nitrogens is 3. The van der Waals surface area contributed by atoms with Crippen LogP contribution in [0.5, 0.6) is 5.75 Å². The first kappa shape index (κ1) is 19.8. The summed E-state index contributed by atoms with van der Waals surface area (Å²) < 4.78 is 10.5. The zero-order valence-corrected chi connectivity index (χ0v) is 17.7. The molecule has 0 radical (unpaired) electrons. The van der Waals surface area contributed by atoms with Gasteiger partial charge in [0.15, 0.2) is 5.76 Å². The Bertz CT molecular complexity index is 1100. The highest BCUT2D eigenvalue weighted by Gasteiger charge is 2.34. The summed E-state index contributed by atoms with van der Waals surface area (Å²) >= 11 is 0. The lowest BCUT2D eigenvalue weighted by molar-refractivity contribution is 0.395. The molecule has 0 saturated heterocycles. The van der Waals surface area contributed by atoms with Crippen LogP contribution >= 0.6 is 0 Å². The van der Waals surface area contributed by atoms with Gasteiger partial charge in [-0.05, 0) is 42.2 Å². The Morgan fingerprint density at radius 3 is 2.27 bits per heavy atom. The van der Waals surface area contributed by atoms with Gasteiger partial charge in [0.1, 0.15) is 5.75 Å². The highest BCUT2D eigenvalue weighted by molar-refractivity contribution is 5.64. The molecule has 152 valence electrons. The molecule has 1 unspecified atom stereocenters. The van der Waals surface area contributed by atoms with Crippen molar-refractivity contribution in [1.82, 2.24) is 15.1 Å². The first-order valence-electron chi connectivity index (χ1n) is 10.00. The minimum absolute atomic E-state index is 0.231. The van der Waals surface area contributed by atoms with Crippen LogP contribution in [0.25, 0.3) is 22.5 Å². The summed E-state index contributed by atoms with van der Waals surface area (Å²) in [6, 6.07) is 16.6. The summed E-state index contributed by atoms with van der Waals surface area (Å²) in [5.74, 6) is 1.82. The topological polar surface area (TPSA) is 61.0 Å². The van der Waals surface area contributed by atoms with Crippen LogP contribution in [0.3, 0.4) is 0 Å². The Balaban J connectivity index is 1.68. The average molecular weight is 399 g/mol. The Labute approximate surface area is 176 Å². The molecule has 0 amide bonds. The molecule has 0 spiro atoms. The van der Waals surface area contributed by atoms with E-state index in [1.54, 1.807) is 19.5 Å². The van der Waals surface area contributed by atoms with Crippen molar-refractivity contribution in [2.75, 3.05) is 7.11 Å². The normalized spacial score (nSPS) is 13.2. The number of nitrogens with zero attached hydrogens (tertiary/aromatic N) is 3. The molecule has 0 saturated carbocycles. The second-order valence-corrected chi connectivity index (χ2v) is 7.86. The third kappa shape index (κ3) is 3.59. The third-order valence-corrected chi connectivity index (χ3v) is 5.94. The van der Waals surface area contributed by atoms with Crippen molar-refractivity contribution in [3.63, 3.8) is 0 Å². The van der Waals surface area contributed by atoms with Gasteiger partial charge in [-0.1, -0.05) is 43.3 Å². The van der Waals surface area contributed by atoms with Crippen molar-refractivity contribution in [3.8, 4) is 28.2 Å². The molecular formula is C25H25N3O2. The maximum absolute atomic E-state index is 5.30. The van der Waals surface area contributed by atoms with Gasteiger partial charge in [-0.25, -0.2) is 0 Å². The minimum Gasteiger partial charge on any atom is -0.495 e. The van der Waals surface area contributed by atoms with Crippen LogP contribution in [0.2, 0.25) is 0 Å². The number of benzene rings is 1. The molecule has 1 aromatic carbocycles. The maximum atomic E-state index is 5.30. The standard InChI is InChI=1S/C25H25N3O2/c1-17(2)25(3,24-10-7-19(15-27-24)23-11-12-28-30-23)21-8-5-18(6-9-21)20-13-22(29-4)16-26-14-20/h5-17H,1-4H3. The molecule has 4 aromatic rings. The van der Waals surface area contributed by atoms with Crippen molar-refractivity contribution < 1.29 is 9.26 Å². The van der Waals surface area contributed by atoms with Crippen molar-refractivity contribution in [3.05, 3.63) is 84.6 Å². The van der Waals surface area contributed by atoms with E-state index >= 15 is 0 Å². The van der Waals surface area contributed by atoms with E-state index in [1.807, 2.05) is 30.6 Å². The first-order valence-corrected chi connectivity index (χ1v) is 10.00. The van der Waals surface area contributed by atoms with Crippen LogP contribution in [0.4, 0.5) is 0 Å². The largest absolute Gasteiger partial charge is 0.495 e. The molecule has 0 bridgehead atoms. The highest BCUT2D eigenvalue weighted by atomic mass is 16.5. The molecule has 0 aliphatic heterocycles. The van der Waals surface area contributed by atoms with Crippen LogP contribution in [-0.2, 0) is 5.41 Å². The number of ether oxygens (including phenoxy) is 1. The van der Waals surface area contributed by atoms with Crippen LogP contribution < -0.4 is 4.74 Å². The molecule has 4 rings (SSSR count). The SMILES string of the molecule is COc1cncc(-c2ccc(C(C)(c3ccc(-c4ccno4)cn3)C(C)C)cc2)c1. The summed E-state index contributed by atoms with van der Waals surface area (Å²) in [7, 11) is 1.65. The second-order valence-electron chi connectivity index (χ2n) is 7.86. The van der Waals surface area contributed by atoms with Crippen LogP contribution in [0.15, 0.2) is 77.8 Å². The third-order valence-electron chi connectivity index (χ3n) is 5.94. The number of hydrogen-bond donors (Lipinski definition) is 0. The quantitative estimate of drug-likeness (QED) is 0.412. The monoisotopic (exact) mass is 399 g/mol. The smallest absolute Gasteiger partial charge is 0.168 e. The van der Waals surface area contributed by atoms with Gasteiger partial charge in [0, 0.05) is 35.0 Å². The summed E-state index contributed by atoms with van der Waals surface area (Å²) in [4.78, 5) is 9.05. The first-order chi connectivity index (χ1) is 14.5. The number of hydrogen-bond acceptors (Lipinski definition) is 5. The van der Waals surface area contributed by atoms with Gasteiger partial charge in [0.05, 0.1) is 25.2 Å². The highest BCUT2D eigenvalue weighted by Crippen LogP contribution is 2.39. The summed E-state index contributed by atoms with van der Waals surface area (Å²) in [6.07, 6.45) is 7.05. The van der Waals surface area contributed by atoms with E-state index in [-0.39, 0.29) is 5.41 Å². The molecule has 0 aliphatic carbocycles. The number of pyridine rings is 2. The molecule has 3 aromatic heterocycles. The number of rotatable bonds is 6. The van der Waals surface area contributed by atoms with E-state index < -0.39 is 0 Å². The maximum Gasteiger partial charge on any atom is 0.168 e. The minimum atomic E-state index is -0.231. The lowest BCUT2D eigenvalue weighted by atomic mass is 9.70. The second kappa shape index (κ2) is 8.11. The van der Waals surface area contributed by atoms with E-state index in [2.05, 4.69) is 61.2 Å². The summed E-state index contributed by atoms with van der Waals surface area (Å²) in [5.41, 5.74) is 5.06. The molecule has 5 nitrogen and oxygen atoms in total. The van der Waals surface area contributed by atoms with Crippen LogP contribution in [-0.4, -0.2) is 22.2 Å². The Morgan fingerprint density at radius 2 is 1.67 bits per heavy atom. The molecular weight excluding hydrogens is 374 g/mol. The fourth-order valence-corrected chi connectivity index (χ4v) is 3.69. The van der Waals surface area contributed by atoms with Gasteiger partial charge in [-0.2, -0.15) is 0 Å². The molecule has 3 heterocycles. The Kier molecular flexibility index (Phi) is 5.36. The Morgan fingerprint density at radius 1 is 0.900 bits per heavy atom. The van der Waals surface area contributed by atoms with Crippen molar-refractivity contribution in [2.45, 2.75) is 26.2 Å². The van der Waals surface area contributed by atoms with E-state index in [9.17, 15) is 0 Å². The fourth-order valence-electron chi connectivity index (χ4n) is 3.69. The zero-order chi connectivity index (χ0) is 21.1. The average Bonchev–Trinajstić information content (AvgIpc) is 3.34. The predicted octanol–water partition coefficient (Wildman–Crippen LogP) is 5.77. The molecule has 0 fully saturated rings. The van der Waals surface area contributed by atoms with E-state index in [0.717, 1.165) is 33.9 Å². The lowest BCUT2D eigenvalue weighted by Gasteiger charge is -2.34. The van der Waals surface area contributed by atoms with Crippen molar-refractivity contribution >= 4 is 0 Å². The lowest BCUT2D eigenvalue weighted by Crippen LogP contribution is -2.31. The molecule has 0 aliphatic rings. The van der Waals surface area contributed by atoms with Gasteiger partial charge in [0.25, 0.3) is 0 Å². The van der Waals surface area contributed by atoms with Gasteiger partial charge in [0.2, 0.25) is 0 Å². The molecule has 5 heteroatoms. The summed E-state index contributed by atoms with van der Waals surface area (Å²) in [6.45, 7) is 6.70. The summed E-state index contributed by atoms with van der Waals surface area (Å²) in [5, 5.41) is 3.77. The van der Waals surface area contributed by atoms with Crippen molar-refractivity contribution in [1.29, 1.82) is 0 Å². The molecule has 30 heavy (non-hydrogen) atoms. The molecule has 1 atom stereocenters. The van der Waals surface area contributed by atoms with Crippen molar-refractivity contribution in [2.24, 2.45) is 5.92 Å². The molecule has 0 N–H and O–H groups in total. The van der Waals surface area contributed by atoms with Gasteiger partial charge in [-0.3, -0.25) is 9.97 Å². The van der Waals surface area contributed by atoms with Gasteiger partial charge < -0.3 is 9.26 Å². The predicted molar refractivity (Wildman–Crippen MR) is 117 cm³/mol. The van der Waals surface area contributed by atoms with Gasteiger partial charge in [-0.15, -0.1) is 0 Å². The van der Waals surface area contributed by atoms with Crippen LogP contribution in [0.1, 0.15) is 32.0 Å². The van der Waals surface area contributed by atoms with Crippen LogP contribution in [0, 0.1) is 5.92 Å². The number of methoxy groups -OCH3 is 1. The van der Waals surface area contributed by atoms with E-state index in [0.29, 0.717) is 5.92 Å². The Hall–Kier alpha value is -3.47. The zero-order valence-electron chi connectivity index (χ0n) is 17.7. The van der Waals surface area contributed by atoms with Gasteiger partial charge >= 0.3 is 0 Å². The fraction of sp³-hybridized carbons (Fsp3) is 0.240.